The third-order valence-corrected chi connectivity index (χ3v) is 5.19. The first-order valence-electron chi connectivity index (χ1n) is 8.68. The van der Waals surface area contributed by atoms with Gasteiger partial charge in [-0.2, -0.15) is 0 Å². The number of nitrogens with one attached hydrogen (secondary N) is 1. The van der Waals surface area contributed by atoms with Crippen molar-refractivity contribution in [1.82, 2.24) is 10.2 Å². The number of likely N-dealkylation sites (tertiary alicyclic amines) is 1. The molecule has 3 rings (SSSR count). The van der Waals surface area contributed by atoms with Gasteiger partial charge in [0.2, 0.25) is 0 Å². The smallest absolute Gasteiger partial charge is 0.257 e. The van der Waals surface area contributed by atoms with Gasteiger partial charge >= 0.3 is 0 Å². The van der Waals surface area contributed by atoms with Gasteiger partial charge in [0, 0.05) is 24.2 Å². The van der Waals surface area contributed by atoms with E-state index in [0.29, 0.717) is 52.9 Å². The van der Waals surface area contributed by atoms with Crippen molar-refractivity contribution in [3.05, 3.63) is 63.6 Å². The fraction of sp³-hybridized carbons (Fsp3) is 0.300. The predicted octanol–water partition coefficient (Wildman–Crippen LogP) is 4.04. The van der Waals surface area contributed by atoms with E-state index in [-0.39, 0.29) is 17.9 Å². The van der Waals surface area contributed by atoms with Crippen LogP contribution in [0.25, 0.3) is 0 Å². The minimum atomic E-state index is -0.253. The summed E-state index contributed by atoms with van der Waals surface area (Å²) in [7, 11) is 1.55. The van der Waals surface area contributed by atoms with E-state index in [2.05, 4.69) is 5.32 Å². The molecule has 1 N–H and O–H groups in total. The van der Waals surface area contributed by atoms with Crippen molar-refractivity contribution in [2.24, 2.45) is 0 Å². The van der Waals surface area contributed by atoms with Crippen molar-refractivity contribution in [2.75, 3.05) is 20.2 Å². The Labute approximate surface area is 168 Å². The van der Waals surface area contributed by atoms with Crippen LogP contribution in [0.3, 0.4) is 0 Å². The first kappa shape index (κ1) is 19.5. The van der Waals surface area contributed by atoms with Crippen LogP contribution in [0.2, 0.25) is 10.0 Å². The Morgan fingerprint density at radius 1 is 1.07 bits per heavy atom. The van der Waals surface area contributed by atoms with Gasteiger partial charge in [-0.25, -0.2) is 0 Å². The van der Waals surface area contributed by atoms with E-state index in [1.165, 1.54) is 0 Å². The molecular formula is C20H20Cl2N2O3. The molecule has 142 valence electrons. The third-order valence-electron chi connectivity index (χ3n) is 4.63. The molecule has 0 aromatic heterocycles. The third kappa shape index (κ3) is 4.54. The monoisotopic (exact) mass is 406 g/mol. The Hall–Kier alpha value is -2.24. The average Bonchev–Trinajstić information content (AvgIpc) is 2.69. The molecule has 0 aliphatic carbocycles. The maximum Gasteiger partial charge on any atom is 0.257 e. The number of methoxy groups -OCH3 is 1. The standard InChI is InChI=1S/C20H20Cl2N2O3/c1-27-18-5-3-2-4-15(18)20(26)24-10-8-14(9-11-24)23-19(25)16-12-13(21)6-7-17(16)22/h2-7,12,14H,8-11H2,1H3,(H,23,25). The van der Waals surface area contributed by atoms with Crippen molar-refractivity contribution >= 4 is 35.0 Å². The summed E-state index contributed by atoms with van der Waals surface area (Å²) in [6.07, 6.45) is 1.34. The average molecular weight is 407 g/mol. The fourth-order valence-electron chi connectivity index (χ4n) is 3.15. The summed E-state index contributed by atoms with van der Waals surface area (Å²) in [6, 6.07) is 12.0. The van der Waals surface area contributed by atoms with Crippen LogP contribution in [-0.4, -0.2) is 43.0 Å². The number of carbonyl (C=O) groups is 2. The lowest BCUT2D eigenvalue weighted by molar-refractivity contribution is 0.0695. The molecule has 2 aromatic carbocycles. The number of halogens is 2. The summed E-state index contributed by atoms with van der Waals surface area (Å²) in [4.78, 5) is 27.0. The largest absolute Gasteiger partial charge is 0.496 e. The first-order valence-corrected chi connectivity index (χ1v) is 9.43. The lowest BCUT2D eigenvalue weighted by Gasteiger charge is -2.32. The molecule has 1 saturated heterocycles. The zero-order chi connectivity index (χ0) is 19.4. The number of hydrogen-bond donors (Lipinski definition) is 1. The number of carbonyl (C=O) groups excluding carboxylic acids is 2. The minimum Gasteiger partial charge on any atom is -0.496 e. The van der Waals surface area contributed by atoms with Crippen molar-refractivity contribution in [3.8, 4) is 5.75 Å². The van der Waals surface area contributed by atoms with Gasteiger partial charge in [0.1, 0.15) is 5.75 Å². The molecule has 1 fully saturated rings. The molecule has 5 nitrogen and oxygen atoms in total. The van der Waals surface area contributed by atoms with Crippen LogP contribution in [0.4, 0.5) is 0 Å². The van der Waals surface area contributed by atoms with Crippen molar-refractivity contribution < 1.29 is 14.3 Å². The van der Waals surface area contributed by atoms with Gasteiger partial charge in [-0.05, 0) is 43.2 Å². The minimum absolute atomic E-state index is 0.0192. The van der Waals surface area contributed by atoms with Crippen LogP contribution in [0.1, 0.15) is 33.6 Å². The zero-order valence-corrected chi connectivity index (χ0v) is 16.4. The van der Waals surface area contributed by atoms with Crippen LogP contribution in [0, 0.1) is 0 Å². The number of amides is 2. The first-order chi connectivity index (χ1) is 13.0. The van der Waals surface area contributed by atoms with Crippen LogP contribution in [0.5, 0.6) is 5.75 Å². The van der Waals surface area contributed by atoms with Gasteiger partial charge in [-0.3, -0.25) is 9.59 Å². The molecule has 0 saturated carbocycles. The predicted molar refractivity (Wildman–Crippen MR) is 106 cm³/mol. The zero-order valence-electron chi connectivity index (χ0n) is 14.9. The molecule has 27 heavy (non-hydrogen) atoms. The molecule has 7 heteroatoms. The van der Waals surface area contributed by atoms with Gasteiger partial charge in [0.25, 0.3) is 11.8 Å². The number of nitrogens with zero attached hydrogens (tertiary/aromatic N) is 1. The van der Waals surface area contributed by atoms with Gasteiger partial charge in [0.05, 0.1) is 23.3 Å². The Bertz CT molecular complexity index is 849. The van der Waals surface area contributed by atoms with E-state index < -0.39 is 0 Å². The maximum absolute atomic E-state index is 12.7. The molecule has 0 radical (unpaired) electrons. The number of ether oxygens (including phenoxy) is 1. The topological polar surface area (TPSA) is 58.6 Å². The molecule has 1 aliphatic heterocycles. The quantitative estimate of drug-likeness (QED) is 0.833. The number of rotatable bonds is 4. The normalized spacial score (nSPS) is 14.7. The van der Waals surface area contributed by atoms with Crippen LogP contribution >= 0.6 is 23.2 Å². The van der Waals surface area contributed by atoms with Crippen molar-refractivity contribution in [1.29, 1.82) is 0 Å². The maximum atomic E-state index is 12.7. The molecule has 0 spiro atoms. The van der Waals surface area contributed by atoms with E-state index in [4.69, 9.17) is 27.9 Å². The second-order valence-electron chi connectivity index (χ2n) is 6.36. The Balaban J connectivity index is 1.59. The Kier molecular flexibility index (Phi) is 6.24. The highest BCUT2D eigenvalue weighted by molar-refractivity contribution is 6.35. The highest BCUT2D eigenvalue weighted by atomic mass is 35.5. The fourth-order valence-corrected chi connectivity index (χ4v) is 3.53. The van der Waals surface area contributed by atoms with Crippen molar-refractivity contribution in [3.63, 3.8) is 0 Å². The van der Waals surface area contributed by atoms with Gasteiger partial charge in [-0.1, -0.05) is 35.3 Å². The second-order valence-corrected chi connectivity index (χ2v) is 7.21. The Morgan fingerprint density at radius 3 is 2.48 bits per heavy atom. The van der Waals surface area contributed by atoms with E-state index in [1.807, 2.05) is 12.1 Å². The molecule has 0 atom stereocenters. The number of benzene rings is 2. The lowest BCUT2D eigenvalue weighted by atomic mass is 10.0. The molecule has 1 heterocycles. The summed E-state index contributed by atoms with van der Waals surface area (Å²) >= 11 is 12.0. The molecule has 0 unspecified atom stereocenters. The van der Waals surface area contributed by atoms with Crippen LogP contribution in [0.15, 0.2) is 42.5 Å². The van der Waals surface area contributed by atoms with Crippen molar-refractivity contribution in [2.45, 2.75) is 18.9 Å². The van der Waals surface area contributed by atoms with Crippen LogP contribution < -0.4 is 10.1 Å². The lowest BCUT2D eigenvalue weighted by Crippen LogP contribution is -2.46. The Morgan fingerprint density at radius 2 is 1.78 bits per heavy atom. The SMILES string of the molecule is COc1ccccc1C(=O)N1CCC(NC(=O)c2cc(Cl)ccc2Cl)CC1. The summed E-state index contributed by atoms with van der Waals surface area (Å²) in [6.45, 7) is 1.12. The van der Waals surface area contributed by atoms with E-state index in [9.17, 15) is 9.59 Å². The summed E-state index contributed by atoms with van der Waals surface area (Å²) in [5, 5.41) is 3.80. The molecule has 2 amide bonds. The summed E-state index contributed by atoms with van der Waals surface area (Å²) < 4.78 is 5.27. The van der Waals surface area contributed by atoms with Gasteiger partial charge in [-0.15, -0.1) is 0 Å². The van der Waals surface area contributed by atoms with Gasteiger partial charge < -0.3 is 15.0 Å². The molecular weight excluding hydrogens is 387 g/mol. The molecule has 2 aromatic rings. The highest BCUT2D eigenvalue weighted by Gasteiger charge is 2.26. The molecule has 1 aliphatic rings. The molecule has 0 bridgehead atoms. The second kappa shape index (κ2) is 8.63. The van der Waals surface area contributed by atoms with E-state index >= 15 is 0 Å². The summed E-state index contributed by atoms with van der Waals surface area (Å²) in [5.41, 5.74) is 0.907. The van der Waals surface area contributed by atoms with E-state index in [0.717, 1.165) is 0 Å². The van der Waals surface area contributed by atoms with Crippen LogP contribution in [-0.2, 0) is 0 Å². The number of hydrogen-bond acceptors (Lipinski definition) is 3. The summed E-state index contributed by atoms with van der Waals surface area (Å²) in [5.74, 6) is 0.251. The number of piperidine rings is 1. The number of para-hydroxylation sites is 1. The highest BCUT2D eigenvalue weighted by Crippen LogP contribution is 2.23. The van der Waals surface area contributed by atoms with E-state index in [1.54, 1.807) is 42.3 Å². The van der Waals surface area contributed by atoms with Gasteiger partial charge in [0.15, 0.2) is 0 Å².